The molecular formula is C58H38N2S. The molecule has 12 rings (SSSR count). The fraction of sp³-hybridized carbons (Fsp3) is 0. The van der Waals surface area contributed by atoms with Crippen molar-refractivity contribution < 1.29 is 0 Å². The lowest BCUT2D eigenvalue weighted by Crippen LogP contribution is -2.15. The van der Waals surface area contributed by atoms with Crippen LogP contribution in [0, 0.1) is 0 Å². The van der Waals surface area contributed by atoms with Crippen molar-refractivity contribution in [2.45, 2.75) is 9.79 Å². The van der Waals surface area contributed by atoms with Crippen molar-refractivity contribution >= 4 is 61.4 Å². The quantitative estimate of drug-likeness (QED) is 0.166. The van der Waals surface area contributed by atoms with E-state index in [1.807, 2.05) is 11.8 Å². The largest absolute Gasteiger partial charge is 0.309 e. The Morgan fingerprint density at radius 1 is 0.295 bits per heavy atom. The van der Waals surface area contributed by atoms with Gasteiger partial charge in [-0.3, -0.25) is 0 Å². The zero-order valence-corrected chi connectivity index (χ0v) is 34.1. The summed E-state index contributed by atoms with van der Waals surface area (Å²) < 4.78 is 2.37. The fourth-order valence-electron chi connectivity index (χ4n) is 9.21. The monoisotopic (exact) mass is 794 g/mol. The number of fused-ring (bicyclic) bond motifs is 6. The lowest BCUT2D eigenvalue weighted by atomic mass is 9.97. The zero-order valence-electron chi connectivity index (χ0n) is 33.2. The molecule has 2 nitrogen and oxygen atoms in total. The molecule has 0 atom stereocenters. The first-order chi connectivity index (χ1) is 30.2. The van der Waals surface area contributed by atoms with Crippen molar-refractivity contribution in [1.29, 1.82) is 0 Å². The molecule has 1 aromatic heterocycles. The number of para-hydroxylation sites is 2. The molecule has 0 saturated carbocycles. The van der Waals surface area contributed by atoms with E-state index in [1.54, 1.807) is 0 Å². The van der Waals surface area contributed by atoms with Crippen molar-refractivity contribution in [3.63, 3.8) is 0 Å². The summed E-state index contributed by atoms with van der Waals surface area (Å²) in [5.41, 5.74) is 16.8. The highest BCUT2D eigenvalue weighted by Gasteiger charge is 2.26. The Hall–Kier alpha value is -7.59. The van der Waals surface area contributed by atoms with Crippen LogP contribution in [0.15, 0.2) is 240 Å². The Kier molecular flexibility index (Phi) is 8.46. The molecule has 0 amide bonds. The van der Waals surface area contributed by atoms with E-state index >= 15 is 0 Å². The molecule has 0 saturated heterocycles. The van der Waals surface area contributed by atoms with Crippen LogP contribution in [0.4, 0.5) is 17.1 Å². The first-order valence-corrected chi connectivity index (χ1v) is 21.6. The van der Waals surface area contributed by atoms with Gasteiger partial charge in [0, 0.05) is 31.9 Å². The molecule has 11 aromatic rings. The van der Waals surface area contributed by atoms with Crippen LogP contribution in [0.3, 0.4) is 0 Å². The molecule has 0 bridgehead atoms. The van der Waals surface area contributed by atoms with Gasteiger partial charge in [-0.25, -0.2) is 0 Å². The number of anilines is 3. The Labute approximate surface area is 359 Å². The summed E-state index contributed by atoms with van der Waals surface area (Å²) in [6.45, 7) is 0. The van der Waals surface area contributed by atoms with E-state index in [9.17, 15) is 0 Å². The van der Waals surface area contributed by atoms with E-state index in [4.69, 9.17) is 0 Å². The maximum Gasteiger partial charge on any atom is 0.0602 e. The van der Waals surface area contributed by atoms with Gasteiger partial charge in [0.05, 0.1) is 22.4 Å². The Bertz CT molecular complexity index is 3420. The smallest absolute Gasteiger partial charge is 0.0602 e. The summed E-state index contributed by atoms with van der Waals surface area (Å²) in [4.78, 5) is 4.91. The van der Waals surface area contributed by atoms with Gasteiger partial charge in [-0.2, -0.15) is 0 Å². The SMILES string of the molecule is c1ccc(-c2ccc3c(c2)Sc2cc(-c4cccc5ccccc45)ccc2N3c2ccc(-c3ccc(-c4ccc5c(c4)c4ccccc4n5-c4ccccc4)cc3)cc2)cc1. The number of nitrogens with zero attached hydrogens (tertiary/aromatic N) is 2. The lowest BCUT2D eigenvalue weighted by Gasteiger charge is -2.33. The average Bonchev–Trinajstić information content (AvgIpc) is 3.67. The van der Waals surface area contributed by atoms with Crippen LogP contribution in [0.5, 0.6) is 0 Å². The summed E-state index contributed by atoms with van der Waals surface area (Å²) in [6, 6.07) is 84.1. The summed E-state index contributed by atoms with van der Waals surface area (Å²) in [6.07, 6.45) is 0. The third-order valence-corrected chi connectivity index (χ3v) is 13.3. The summed E-state index contributed by atoms with van der Waals surface area (Å²) in [7, 11) is 0. The van der Waals surface area contributed by atoms with E-state index in [1.165, 1.54) is 104 Å². The molecule has 0 aliphatic carbocycles. The molecule has 0 spiro atoms. The highest BCUT2D eigenvalue weighted by Crippen LogP contribution is 2.53. The van der Waals surface area contributed by atoms with Crippen LogP contribution in [0.25, 0.3) is 82.8 Å². The normalized spacial score (nSPS) is 12.2. The first kappa shape index (κ1) is 35.4. The van der Waals surface area contributed by atoms with Crippen molar-refractivity contribution in [2.24, 2.45) is 0 Å². The van der Waals surface area contributed by atoms with Gasteiger partial charge in [0.2, 0.25) is 0 Å². The van der Waals surface area contributed by atoms with E-state index in [-0.39, 0.29) is 0 Å². The van der Waals surface area contributed by atoms with Crippen LogP contribution < -0.4 is 4.90 Å². The maximum atomic E-state index is 2.43. The van der Waals surface area contributed by atoms with Gasteiger partial charge in [0.15, 0.2) is 0 Å². The fourth-order valence-corrected chi connectivity index (χ4v) is 10.3. The minimum Gasteiger partial charge on any atom is -0.309 e. The molecule has 286 valence electrons. The van der Waals surface area contributed by atoms with Gasteiger partial charge >= 0.3 is 0 Å². The van der Waals surface area contributed by atoms with E-state index < -0.39 is 0 Å². The number of hydrogen-bond donors (Lipinski definition) is 0. The zero-order chi connectivity index (χ0) is 40.3. The van der Waals surface area contributed by atoms with Crippen molar-refractivity contribution in [3.05, 3.63) is 231 Å². The minimum atomic E-state index is 1.14. The second-order valence-electron chi connectivity index (χ2n) is 15.7. The lowest BCUT2D eigenvalue weighted by molar-refractivity contribution is 1.17. The average molecular weight is 795 g/mol. The Morgan fingerprint density at radius 2 is 0.803 bits per heavy atom. The van der Waals surface area contributed by atoms with Crippen LogP contribution in [-0.2, 0) is 0 Å². The van der Waals surface area contributed by atoms with Crippen molar-refractivity contribution in [2.75, 3.05) is 4.90 Å². The van der Waals surface area contributed by atoms with E-state index in [0.717, 1.165) is 5.69 Å². The summed E-state index contributed by atoms with van der Waals surface area (Å²) >= 11 is 1.86. The predicted molar refractivity (Wildman–Crippen MR) is 259 cm³/mol. The number of hydrogen-bond acceptors (Lipinski definition) is 2. The first-order valence-electron chi connectivity index (χ1n) is 20.8. The molecule has 0 unspecified atom stereocenters. The van der Waals surface area contributed by atoms with Gasteiger partial charge in [-0.1, -0.05) is 176 Å². The Balaban J connectivity index is 0.890. The summed E-state index contributed by atoms with van der Waals surface area (Å²) in [5, 5.41) is 5.05. The molecule has 1 aliphatic heterocycles. The second-order valence-corrected chi connectivity index (χ2v) is 16.8. The number of aromatic nitrogens is 1. The van der Waals surface area contributed by atoms with Gasteiger partial charge in [0.25, 0.3) is 0 Å². The molecule has 3 heteroatoms. The molecule has 2 heterocycles. The molecule has 10 aromatic carbocycles. The Morgan fingerprint density at radius 3 is 1.56 bits per heavy atom. The second kappa shape index (κ2) is 14.6. The molecular weight excluding hydrogens is 757 g/mol. The highest BCUT2D eigenvalue weighted by molar-refractivity contribution is 7.99. The van der Waals surface area contributed by atoms with Crippen LogP contribution in [0.1, 0.15) is 0 Å². The van der Waals surface area contributed by atoms with E-state index in [2.05, 4.69) is 240 Å². The van der Waals surface area contributed by atoms with Gasteiger partial charge in [0.1, 0.15) is 0 Å². The molecule has 0 N–H and O–H groups in total. The summed E-state index contributed by atoms with van der Waals surface area (Å²) in [5.74, 6) is 0. The molecule has 61 heavy (non-hydrogen) atoms. The van der Waals surface area contributed by atoms with Crippen molar-refractivity contribution in [1.82, 2.24) is 4.57 Å². The van der Waals surface area contributed by atoms with Crippen LogP contribution >= 0.6 is 11.8 Å². The van der Waals surface area contributed by atoms with Gasteiger partial charge < -0.3 is 9.47 Å². The maximum absolute atomic E-state index is 2.43. The third-order valence-electron chi connectivity index (χ3n) is 12.2. The number of benzene rings is 10. The van der Waals surface area contributed by atoms with E-state index in [0.29, 0.717) is 0 Å². The molecule has 0 radical (unpaired) electrons. The van der Waals surface area contributed by atoms with Gasteiger partial charge in [-0.15, -0.1) is 0 Å². The molecule has 1 aliphatic rings. The number of rotatable bonds is 6. The topological polar surface area (TPSA) is 8.17 Å². The standard InChI is InChI=1S/C58H38N2S/c1-3-12-39(13-4-1)45-29-34-55-57(37-45)61-58-38-46(50-20-11-15-43-14-7-8-18-49(43)50)30-35-56(58)60(55)48-31-26-41(27-32-48)40-22-24-42(25-23-40)44-28-33-54-52(36-44)51-19-9-10-21-53(51)59(54)47-16-5-2-6-17-47/h1-38H. The minimum absolute atomic E-state index is 1.14. The van der Waals surface area contributed by atoms with Crippen molar-refractivity contribution in [3.8, 4) is 50.2 Å². The predicted octanol–water partition coefficient (Wildman–Crippen LogP) is 16.5. The highest BCUT2D eigenvalue weighted by atomic mass is 32.2. The van der Waals surface area contributed by atoms with Gasteiger partial charge in [-0.05, 0) is 122 Å². The van der Waals surface area contributed by atoms with Crippen LogP contribution in [0.2, 0.25) is 0 Å². The van der Waals surface area contributed by atoms with Crippen LogP contribution in [-0.4, -0.2) is 4.57 Å². The third kappa shape index (κ3) is 6.13. The molecule has 0 fully saturated rings.